The summed E-state index contributed by atoms with van der Waals surface area (Å²) < 4.78 is 0. The Kier molecular flexibility index (Phi) is 4.30. The van der Waals surface area contributed by atoms with Gasteiger partial charge in [0.05, 0.1) is 12.5 Å². The van der Waals surface area contributed by atoms with Crippen LogP contribution in [0.25, 0.3) is 0 Å². The maximum atomic E-state index is 8.91. The van der Waals surface area contributed by atoms with E-state index in [1.165, 1.54) is 31.2 Å². The number of benzene rings is 1. The summed E-state index contributed by atoms with van der Waals surface area (Å²) in [4.78, 5) is 0. The molecule has 84 valence electrons. The van der Waals surface area contributed by atoms with Gasteiger partial charge in [-0.1, -0.05) is 43.2 Å². The molecule has 1 atom stereocenters. The van der Waals surface area contributed by atoms with Crippen LogP contribution in [0, 0.1) is 11.3 Å². The lowest BCUT2D eigenvalue weighted by atomic mass is 10.1. The minimum Gasteiger partial charge on any atom is -0.198 e. The zero-order valence-corrected chi connectivity index (χ0v) is 10.2. The minimum atomic E-state index is 0.370. The number of hydrogen-bond donors (Lipinski definition) is 0. The molecule has 1 aliphatic carbocycles. The van der Waals surface area contributed by atoms with E-state index in [1.54, 1.807) is 0 Å². The highest BCUT2D eigenvalue weighted by Crippen LogP contribution is 2.40. The molecule has 0 spiro atoms. The Morgan fingerprint density at radius 1 is 1.25 bits per heavy atom. The van der Waals surface area contributed by atoms with Crippen LogP contribution in [0.1, 0.15) is 42.9 Å². The van der Waals surface area contributed by atoms with E-state index < -0.39 is 0 Å². The first-order chi connectivity index (χ1) is 7.90. The zero-order valence-electron chi connectivity index (χ0n) is 9.43. The molecule has 1 fully saturated rings. The SMILES string of the molecule is N#CCC(SC1CCCC1)c1ccccc1. The number of nitriles is 1. The molecule has 0 aromatic heterocycles. The van der Waals surface area contributed by atoms with Crippen LogP contribution in [0.2, 0.25) is 0 Å². The molecule has 1 nitrogen and oxygen atoms in total. The van der Waals surface area contributed by atoms with Crippen molar-refractivity contribution in [3.05, 3.63) is 35.9 Å². The highest BCUT2D eigenvalue weighted by molar-refractivity contribution is 8.00. The molecule has 1 aromatic rings. The first-order valence-corrected chi connectivity index (χ1v) is 6.92. The van der Waals surface area contributed by atoms with Crippen molar-refractivity contribution in [3.8, 4) is 6.07 Å². The van der Waals surface area contributed by atoms with Crippen molar-refractivity contribution in [2.45, 2.75) is 42.6 Å². The third kappa shape index (κ3) is 3.02. The van der Waals surface area contributed by atoms with Gasteiger partial charge in [0, 0.05) is 10.5 Å². The van der Waals surface area contributed by atoms with E-state index in [9.17, 15) is 0 Å². The normalized spacial score (nSPS) is 18.2. The van der Waals surface area contributed by atoms with Crippen LogP contribution in [0.5, 0.6) is 0 Å². The summed E-state index contributed by atoms with van der Waals surface area (Å²) >= 11 is 2.01. The number of thioether (sulfide) groups is 1. The Hall–Kier alpha value is -0.940. The fourth-order valence-electron chi connectivity index (χ4n) is 2.25. The molecule has 0 saturated heterocycles. The second kappa shape index (κ2) is 5.96. The van der Waals surface area contributed by atoms with Gasteiger partial charge in [0.1, 0.15) is 0 Å². The second-order valence-corrected chi connectivity index (χ2v) is 5.81. The Morgan fingerprint density at radius 3 is 2.56 bits per heavy atom. The first-order valence-electron chi connectivity index (χ1n) is 5.97. The predicted octanol–water partition coefficient (Wildman–Crippen LogP) is 4.32. The van der Waals surface area contributed by atoms with E-state index in [-0.39, 0.29) is 0 Å². The third-order valence-electron chi connectivity index (χ3n) is 3.11. The average molecular weight is 231 g/mol. The molecule has 0 amide bonds. The molecule has 0 heterocycles. The van der Waals surface area contributed by atoms with Gasteiger partial charge < -0.3 is 0 Å². The highest BCUT2D eigenvalue weighted by Gasteiger charge is 2.21. The summed E-state index contributed by atoms with van der Waals surface area (Å²) in [5.41, 5.74) is 1.31. The quantitative estimate of drug-likeness (QED) is 0.770. The van der Waals surface area contributed by atoms with Crippen molar-refractivity contribution in [1.82, 2.24) is 0 Å². The van der Waals surface area contributed by atoms with Crippen LogP contribution in [-0.4, -0.2) is 5.25 Å². The number of rotatable bonds is 4. The van der Waals surface area contributed by atoms with Crippen molar-refractivity contribution in [1.29, 1.82) is 5.26 Å². The molecule has 0 aliphatic heterocycles. The van der Waals surface area contributed by atoms with Gasteiger partial charge in [-0.25, -0.2) is 0 Å². The van der Waals surface area contributed by atoms with Gasteiger partial charge in [-0.05, 0) is 18.4 Å². The van der Waals surface area contributed by atoms with Gasteiger partial charge in [-0.15, -0.1) is 11.8 Å². The molecule has 1 aliphatic rings. The Bertz CT molecular complexity index is 349. The summed E-state index contributed by atoms with van der Waals surface area (Å²) in [6.07, 6.45) is 6.03. The second-order valence-electron chi connectivity index (χ2n) is 4.30. The molecule has 1 aromatic carbocycles. The van der Waals surface area contributed by atoms with Gasteiger partial charge in [0.15, 0.2) is 0 Å². The molecule has 0 N–H and O–H groups in total. The molecule has 16 heavy (non-hydrogen) atoms. The summed E-state index contributed by atoms with van der Waals surface area (Å²) in [5.74, 6) is 0. The zero-order chi connectivity index (χ0) is 11.2. The van der Waals surface area contributed by atoms with Crippen molar-refractivity contribution in [2.75, 3.05) is 0 Å². The Morgan fingerprint density at radius 2 is 1.94 bits per heavy atom. The molecule has 0 bridgehead atoms. The van der Waals surface area contributed by atoms with Crippen LogP contribution in [0.3, 0.4) is 0 Å². The van der Waals surface area contributed by atoms with Crippen molar-refractivity contribution >= 4 is 11.8 Å². The predicted molar refractivity (Wildman–Crippen MR) is 69.3 cm³/mol. The van der Waals surface area contributed by atoms with E-state index in [2.05, 4.69) is 30.3 Å². The lowest BCUT2D eigenvalue weighted by molar-refractivity contribution is 0.881. The summed E-state index contributed by atoms with van der Waals surface area (Å²) in [7, 11) is 0. The van der Waals surface area contributed by atoms with Gasteiger partial charge in [-0.2, -0.15) is 5.26 Å². The molecular weight excluding hydrogens is 214 g/mol. The van der Waals surface area contributed by atoms with Crippen LogP contribution in [0.4, 0.5) is 0 Å². The molecule has 2 heteroatoms. The standard InChI is InChI=1S/C14H17NS/c15-11-10-14(12-6-2-1-3-7-12)16-13-8-4-5-9-13/h1-3,6-7,13-14H,4-5,8-10H2. The van der Waals surface area contributed by atoms with E-state index in [4.69, 9.17) is 5.26 Å². The van der Waals surface area contributed by atoms with Crippen LogP contribution in [-0.2, 0) is 0 Å². The first kappa shape index (κ1) is 11.5. The molecule has 2 rings (SSSR count). The minimum absolute atomic E-state index is 0.370. The molecule has 1 saturated carbocycles. The number of hydrogen-bond acceptors (Lipinski definition) is 2. The van der Waals surface area contributed by atoms with Crippen molar-refractivity contribution in [3.63, 3.8) is 0 Å². The van der Waals surface area contributed by atoms with Crippen LogP contribution < -0.4 is 0 Å². The maximum absolute atomic E-state index is 8.91. The van der Waals surface area contributed by atoms with E-state index >= 15 is 0 Å². The van der Waals surface area contributed by atoms with Crippen molar-refractivity contribution in [2.24, 2.45) is 0 Å². The third-order valence-corrected chi connectivity index (χ3v) is 4.73. The van der Waals surface area contributed by atoms with E-state index in [0.29, 0.717) is 11.7 Å². The molecule has 1 unspecified atom stereocenters. The largest absolute Gasteiger partial charge is 0.198 e. The van der Waals surface area contributed by atoms with E-state index in [0.717, 1.165) is 5.25 Å². The van der Waals surface area contributed by atoms with Gasteiger partial charge >= 0.3 is 0 Å². The van der Waals surface area contributed by atoms with Crippen LogP contribution in [0.15, 0.2) is 30.3 Å². The van der Waals surface area contributed by atoms with E-state index in [1.807, 2.05) is 17.8 Å². The fraction of sp³-hybridized carbons (Fsp3) is 0.500. The highest BCUT2D eigenvalue weighted by atomic mass is 32.2. The molecule has 0 radical (unpaired) electrons. The monoisotopic (exact) mass is 231 g/mol. The average Bonchev–Trinajstić information content (AvgIpc) is 2.83. The lowest BCUT2D eigenvalue weighted by Crippen LogP contribution is -2.01. The topological polar surface area (TPSA) is 23.8 Å². The summed E-state index contributed by atoms with van der Waals surface area (Å²) in [5, 5.41) is 10.1. The number of nitrogens with zero attached hydrogens (tertiary/aromatic N) is 1. The van der Waals surface area contributed by atoms with Gasteiger partial charge in [0.2, 0.25) is 0 Å². The smallest absolute Gasteiger partial charge is 0.0636 e. The summed E-state index contributed by atoms with van der Waals surface area (Å²) in [6.45, 7) is 0. The Labute approximate surface area is 102 Å². The fourth-order valence-corrected chi connectivity index (χ4v) is 3.81. The summed E-state index contributed by atoms with van der Waals surface area (Å²) in [6, 6.07) is 12.8. The van der Waals surface area contributed by atoms with Crippen molar-refractivity contribution < 1.29 is 0 Å². The Balaban J connectivity index is 2.02. The lowest BCUT2D eigenvalue weighted by Gasteiger charge is -2.18. The van der Waals surface area contributed by atoms with Gasteiger partial charge in [0.25, 0.3) is 0 Å². The van der Waals surface area contributed by atoms with Crippen LogP contribution >= 0.6 is 11.8 Å². The molecular formula is C14H17NS. The maximum Gasteiger partial charge on any atom is 0.0636 e. The van der Waals surface area contributed by atoms with Gasteiger partial charge in [-0.3, -0.25) is 0 Å².